The van der Waals surface area contributed by atoms with E-state index in [0.717, 1.165) is 0 Å². The van der Waals surface area contributed by atoms with Crippen molar-refractivity contribution in [2.24, 2.45) is 5.92 Å². The van der Waals surface area contributed by atoms with E-state index < -0.39 is 33.6 Å². The van der Waals surface area contributed by atoms with Crippen LogP contribution in [0.2, 0.25) is 0 Å². The summed E-state index contributed by atoms with van der Waals surface area (Å²) in [4.78, 5) is 0. The van der Waals surface area contributed by atoms with E-state index in [4.69, 9.17) is 0 Å². The van der Waals surface area contributed by atoms with Crippen molar-refractivity contribution < 1.29 is 25.8 Å². The zero-order chi connectivity index (χ0) is 11.9. The summed E-state index contributed by atoms with van der Waals surface area (Å²) in [5, 5.41) is -1.46. The monoisotopic (exact) mass is 246 g/mol. The molecule has 1 aliphatic heterocycles. The molecule has 7 heteroatoms. The molecule has 0 aromatic carbocycles. The van der Waals surface area contributed by atoms with Crippen molar-refractivity contribution in [1.29, 1.82) is 0 Å². The Morgan fingerprint density at radius 1 is 1.20 bits per heavy atom. The van der Waals surface area contributed by atoms with Gasteiger partial charge in [-0.05, 0) is 12.8 Å². The first-order valence-electron chi connectivity index (χ1n) is 4.72. The highest BCUT2D eigenvalue weighted by Gasteiger charge is 2.59. The van der Waals surface area contributed by atoms with Gasteiger partial charge in [0.2, 0.25) is 0 Å². The summed E-state index contributed by atoms with van der Waals surface area (Å²) in [7, 11) is -4.05. The highest BCUT2D eigenvalue weighted by atomic mass is 32.2. The molecule has 0 aromatic rings. The fraction of sp³-hybridized carbons (Fsp3) is 1.00. The van der Waals surface area contributed by atoms with Crippen LogP contribution in [0.15, 0.2) is 0 Å². The van der Waals surface area contributed by atoms with Crippen molar-refractivity contribution in [3.63, 3.8) is 0 Å². The lowest BCUT2D eigenvalue weighted by Crippen LogP contribution is -2.37. The Morgan fingerprint density at radius 2 is 1.73 bits per heavy atom. The zero-order valence-electron chi connectivity index (χ0n) is 8.41. The SMILES string of the molecule is CCC1OS(=O)(=O)C(CC)C1C(F)(F)F. The van der Waals surface area contributed by atoms with Crippen LogP contribution in [0, 0.1) is 5.92 Å². The molecule has 1 aliphatic rings. The molecule has 0 aliphatic carbocycles. The number of hydrogen-bond acceptors (Lipinski definition) is 3. The molecule has 0 bridgehead atoms. The van der Waals surface area contributed by atoms with Crippen LogP contribution >= 0.6 is 0 Å². The Labute approximate surface area is 86.7 Å². The number of halogens is 3. The summed E-state index contributed by atoms with van der Waals surface area (Å²) in [6.07, 6.45) is -5.83. The van der Waals surface area contributed by atoms with Crippen LogP contribution in [0.1, 0.15) is 26.7 Å². The largest absolute Gasteiger partial charge is 0.395 e. The molecule has 3 nitrogen and oxygen atoms in total. The smallest absolute Gasteiger partial charge is 0.266 e. The topological polar surface area (TPSA) is 43.4 Å². The molecule has 0 aromatic heterocycles. The lowest BCUT2D eigenvalue weighted by Gasteiger charge is -2.21. The number of alkyl halides is 3. The van der Waals surface area contributed by atoms with E-state index >= 15 is 0 Å². The van der Waals surface area contributed by atoms with Crippen LogP contribution in [0.25, 0.3) is 0 Å². The molecule has 0 N–H and O–H groups in total. The third kappa shape index (κ3) is 2.28. The Bertz CT molecular complexity index is 323. The average Bonchev–Trinajstić information content (AvgIpc) is 2.35. The zero-order valence-corrected chi connectivity index (χ0v) is 9.23. The van der Waals surface area contributed by atoms with Crippen molar-refractivity contribution in [1.82, 2.24) is 0 Å². The highest BCUT2D eigenvalue weighted by molar-refractivity contribution is 7.87. The minimum absolute atomic E-state index is 0.0416. The molecule has 0 amide bonds. The van der Waals surface area contributed by atoms with E-state index in [2.05, 4.69) is 4.18 Å². The molecule has 15 heavy (non-hydrogen) atoms. The fourth-order valence-electron chi connectivity index (χ4n) is 1.92. The lowest BCUT2D eigenvalue weighted by atomic mass is 9.94. The van der Waals surface area contributed by atoms with Crippen molar-refractivity contribution >= 4 is 10.1 Å². The molecule has 1 fully saturated rings. The molecule has 3 atom stereocenters. The summed E-state index contributed by atoms with van der Waals surface area (Å²) in [6, 6.07) is 0. The minimum Gasteiger partial charge on any atom is -0.266 e. The Morgan fingerprint density at radius 3 is 2.07 bits per heavy atom. The van der Waals surface area contributed by atoms with E-state index in [1.807, 2.05) is 0 Å². The summed E-state index contributed by atoms with van der Waals surface area (Å²) >= 11 is 0. The van der Waals surface area contributed by atoms with Gasteiger partial charge in [0, 0.05) is 0 Å². The second-order valence-corrected chi connectivity index (χ2v) is 5.33. The van der Waals surface area contributed by atoms with Crippen LogP contribution in [0.5, 0.6) is 0 Å². The van der Waals surface area contributed by atoms with Gasteiger partial charge < -0.3 is 0 Å². The molecule has 3 unspecified atom stereocenters. The second kappa shape index (κ2) is 3.93. The standard InChI is InChI=1S/C8H13F3O3S/c1-3-5-7(8(9,10)11)6(4-2)15(12,13)14-5/h5-7H,3-4H2,1-2H3. The van der Waals surface area contributed by atoms with Gasteiger partial charge in [0.1, 0.15) is 11.2 Å². The predicted molar refractivity (Wildman–Crippen MR) is 47.7 cm³/mol. The Balaban J connectivity index is 3.10. The summed E-state index contributed by atoms with van der Waals surface area (Å²) in [5.41, 5.74) is 0. The lowest BCUT2D eigenvalue weighted by molar-refractivity contribution is -0.189. The van der Waals surface area contributed by atoms with Crippen LogP contribution in [-0.4, -0.2) is 25.9 Å². The van der Waals surface area contributed by atoms with E-state index in [1.54, 1.807) is 0 Å². The predicted octanol–water partition coefficient (Wildman–Crippen LogP) is 2.08. The molecule has 1 rings (SSSR count). The Kier molecular flexibility index (Phi) is 3.35. The van der Waals surface area contributed by atoms with Crippen LogP contribution < -0.4 is 0 Å². The number of rotatable bonds is 2. The van der Waals surface area contributed by atoms with Gasteiger partial charge in [-0.15, -0.1) is 0 Å². The first kappa shape index (κ1) is 12.8. The second-order valence-electron chi connectivity index (χ2n) is 3.55. The maximum Gasteiger partial charge on any atom is 0.395 e. The van der Waals surface area contributed by atoms with Gasteiger partial charge in [0.05, 0.1) is 6.10 Å². The van der Waals surface area contributed by atoms with Gasteiger partial charge in [0.25, 0.3) is 10.1 Å². The summed E-state index contributed by atoms with van der Waals surface area (Å²) in [6.45, 7) is 2.90. The molecule has 0 radical (unpaired) electrons. The highest BCUT2D eigenvalue weighted by Crippen LogP contribution is 2.43. The van der Waals surface area contributed by atoms with Crippen LogP contribution in [0.3, 0.4) is 0 Å². The molecular weight excluding hydrogens is 233 g/mol. The molecular formula is C8H13F3O3S. The first-order valence-corrected chi connectivity index (χ1v) is 6.20. The van der Waals surface area contributed by atoms with Gasteiger partial charge in [-0.3, -0.25) is 4.18 Å². The third-order valence-corrected chi connectivity index (χ3v) is 4.50. The van der Waals surface area contributed by atoms with E-state index in [-0.39, 0.29) is 12.8 Å². The van der Waals surface area contributed by atoms with Gasteiger partial charge in [-0.2, -0.15) is 21.6 Å². The van der Waals surface area contributed by atoms with Crippen molar-refractivity contribution in [3.8, 4) is 0 Å². The normalized spacial score (nSPS) is 35.7. The van der Waals surface area contributed by atoms with E-state index in [9.17, 15) is 21.6 Å². The van der Waals surface area contributed by atoms with Gasteiger partial charge >= 0.3 is 6.18 Å². The van der Waals surface area contributed by atoms with Crippen LogP contribution in [-0.2, 0) is 14.3 Å². The summed E-state index contributed by atoms with van der Waals surface area (Å²) < 4.78 is 65.0. The van der Waals surface area contributed by atoms with Crippen LogP contribution in [0.4, 0.5) is 13.2 Å². The fourth-order valence-corrected chi connectivity index (χ4v) is 3.76. The van der Waals surface area contributed by atoms with Gasteiger partial charge in [0.15, 0.2) is 0 Å². The summed E-state index contributed by atoms with van der Waals surface area (Å²) in [5.74, 6) is -1.89. The average molecular weight is 246 g/mol. The molecule has 90 valence electrons. The molecule has 1 heterocycles. The molecule has 0 spiro atoms. The first-order chi connectivity index (χ1) is 6.74. The van der Waals surface area contributed by atoms with Crippen molar-refractivity contribution in [3.05, 3.63) is 0 Å². The van der Waals surface area contributed by atoms with E-state index in [1.165, 1.54) is 13.8 Å². The maximum absolute atomic E-state index is 12.6. The van der Waals surface area contributed by atoms with Crippen molar-refractivity contribution in [2.75, 3.05) is 0 Å². The maximum atomic E-state index is 12.6. The quantitative estimate of drug-likeness (QED) is 0.701. The minimum atomic E-state index is -4.52. The van der Waals surface area contributed by atoms with E-state index in [0.29, 0.717) is 0 Å². The Hall–Kier alpha value is -0.300. The number of hydrogen-bond donors (Lipinski definition) is 0. The van der Waals surface area contributed by atoms with Gasteiger partial charge in [-0.1, -0.05) is 13.8 Å². The molecule has 0 saturated carbocycles. The van der Waals surface area contributed by atoms with Crippen molar-refractivity contribution in [2.45, 2.75) is 44.2 Å². The third-order valence-electron chi connectivity index (χ3n) is 2.61. The molecule has 1 saturated heterocycles. The van der Waals surface area contributed by atoms with Gasteiger partial charge in [-0.25, -0.2) is 0 Å².